The van der Waals surface area contributed by atoms with E-state index in [0.29, 0.717) is 4.83 Å². The standard InChI is InChI=1S/C14H14Br2S/c1-9-3-4-11(7-10(9)2)8-13(16)14-12(15)5-6-17-14/h3-7,13H,8H2,1-2H3. The first-order valence-corrected chi connectivity index (χ1v) is 8.10. The molecule has 0 nitrogen and oxygen atoms in total. The molecule has 2 rings (SSSR count). The molecule has 0 saturated heterocycles. The summed E-state index contributed by atoms with van der Waals surface area (Å²) in [6, 6.07) is 8.81. The molecule has 0 amide bonds. The molecule has 1 atom stereocenters. The Morgan fingerprint density at radius 3 is 2.53 bits per heavy atom. The van der Waals surface area contributed by atoms with Gasteiger partial charge in [0.25, 0.3) is 0 Å². The maximum atomic E-state index is 3.78. The first-order valence-electron chi connectivity index (χ1n) is 5.51. The molecule has 90 valence electrons. The SMILES string of the molecule is Cc1ccc(CC(Br)c2sccc2Br)cc1C. The van der Waals surface area contributed by atoms with Crippen molar-refractivity contribution in [2.24, 2.45) is 0 Å². The molecule has 0 fully saturated rings. The fourth-order valence-electron chi connectivity index (χ4n) is 1.76. The molecule has 1 heterocycles. The maximum Gasteiger partial charge on any atom is 0.0540 e. The van der Waals surface area contributed by atoms with Crippen LogP contribution in [0.1, 0.15) is 26.4 Å². The second kappa shape index (κ2) is 5.68. The quantitative estimate of drug-likeness (QED) is 0.596. The van der Waals surface area contributed by atoms with Gasteiger partial charge in [-0.15, -0.1) is 11.3 Å². The van der Waals surface area contributed by atoms with Gasteiger partial charge >= 0.3 is 0 Å². The smallest absolute Gasteiger partial charge is 0.0540 e. The fraction of sp³-hybridized carbons (Fsp3) is 0.286. The van der Waals surface area contributed by atoms with E-state index in [2.05, 4.69) is 75.4 Å². The van der Waals surface area contributed by atoms with Crippen molar-refractivity contribution in [2.75, 3.05) is 0 Å². The van der Waals surface area contributed by atoms with Crippen molar-refractivity contribution in [3.05, 3.63) is 55.7 Å². The lowest BCUT2D eigenvalue weighted by Crippen LogP contribution is -1.95. The van der Waals surface area contributed by atoms with Gasteiger partial charge in [0.2, 0.25) is 0 Å². The summed E-state index contributed by atoms with van der Waals surface area (Å²) in [5.41, 5.74) is 4.11. The molecule has 0 N–H and O–H groups in total. The number of benzene rings is 1. The molecule has 1 aromatic carbocycles. The molecule has 1 aromatic heterocycles. The van der Waals surface area contributed by atoms with E-state index in [1.165, 1.54) is 26.0 Å². The molecule has 17 heavy (non-hydrogen) atoms. The van der Waals surface area contributed by atoms with Crippen LogP contribution in [0.15, 0.2) is 34.1 Å². The molecule has 0 bridgehead atoms. The average molecular weight is 374 g/mol. The Hall–Kier alpha value is -0.120. The van der Waals surface area contributed by atoms with Crippen molar-refractivity contribution in [1.82, 2.24) is 0 Å². The second-order valence-corrected chi connectivity index (χ2v) is 7.13. The van der Waals surface area contributed by atoms with E-state index in [1.54, 1.807) is 11.3 Å². The minimum Gasteiger partial charge on any atom is -0.147 e. The van der Waals surface area contributed by atoms with E-state index in [1.807, 2.05) is 0 Å². The Bertz CT molecular complexity index is 517. The van der Waals surface area contributed by atoms with Crippen LogP contribution in [0.5, 0.6) is 0 Å². The molecule has 0 aliphatic rings. The molecule has 2 aromatic rings. The van der Waals surface area contributed by atoms with Crippen LogP contribution < -0.4 is 0 Å². The van der Waals surface area contributed by atoms with Crippen molar-refractivity contribution in [1.29, 1.82) is 0 Å². The van der Waals surface area contributed by atoms with Gasteiger partial charge in [0.1, 0.15) is 0 Å². The highest BCUT2D eigenvalue weighted by molar-refractivity contribution is 9.11. The van der Waals surface area contributed by atoms with Gasteiger partial charge in [0.15, 0.2) is 0 Å². The Kier molecular flexibility index (Phi) is 4.45. The third-order valence-corrected chi connectivity index (χ3v) is 5.98. The molecule has 1 unspecified atom stereocenters. The maximum absolute atomic E-state index is 3.78. The van der Waals surface area contributed by atoms with Crippen LogP contribution in [0.4, 0.5) is 0 Å². The van der Waals surface area contributed by atoms with Gasteiger partial charge in [-0.3, -0.25) is 0 Å². The zero-order chi connectivity index (χ0) is 12.4. The van der Waals surface area contributed by atoms with Crippen LogP contribution in [-0.2, 0) is 6.42 Å². The van der Waals surface area contributed by atoms with E-state index in [-0.39, 0.29) is 0 Å². The largest absolute Gasteiger partial charge is 0.147 e. The van der Waals surface area contributed by atoms with Crippen LogP contribution in [0.2, 0.25) is 0 Å². The van der Waals surface area contributed by atoms with Gasteiger partial charge < -0.3 is 0 Å². The van der Waals surface area contributed by atoms with E-state index < -0.39 is 0 Å². The molecule has 3 heteroatoms. The van der Waals surface area contributed by atoms with Gasteiger partial charge in [-0.05, 0) is 64.3 Å². The number of hydrogen-bond acceptors (Lipinski definition) is 1. The predicted octanol–water partition coefficient (Wildman–Crippen LogP) is 5.81. The Balaban J connectivity index is 2.16. The van der Waals surface area contributed by atoms with Gasteiger partial charge in [-0.25, -0.2) is 0 Å². The van der Waals surface area contributed by atoms with Crippen LogP contribution in [0.3, 0.4) is 0 Å². The van der Waals surface area contributed by atoms with Crippen molar-refractivity contribution < 1.29 is 0 Å². The summed E-state index contributed by atoms with van der Waals surface area (Å²) in [5, 5.41) is 2.12. The number of aryl methyl sites for hydroxylation is 2. The lowest BCUT2D eigenvalue weighted by Gasteiger charge is -2.10. The van der Waals surface area contributed by atoms with Gasteiger partial charge in [0, 0.05) is 9.35 Å². The Morgan fingerprint density at radius 2 is 1.94 bits per heavy atom. The van der Waals surface area contributed by atoms with E-state index >= 15 is 0 Å². The van der Waals surface area contributed by atoms with Crippen LogP contribution in [-0.4, -0.2) is 0 Å². The minimum atomic E-state index is 0.388. The average Bonchev–Trinajstić information content (AvgIpc) is 2.70. The number of thiophene rings is 1. The summed E-state index contributed by atoms with van der Waals surface area (Å²) in [4.78, 5) is 1.75. The number of rotatable bonds is 3. The number of halogens is 2. The van der Waals surface area contributed by atoms with Crippen molar-refractivity contribution in [3.63, 3.8) is 0 Å². The first-order chi connectivity index (χ1) is 8.08. The van der Waals surface area contributed by atoms with E-state index in [0.717, 1.165) is 6.42 Å². The van der Waals surface area contributed by atoms with Crippen LogP contribution in [0, 0.1) is 13.8 Å². The molecular weight excluding hydrogens is 360 g/mol. The minimum absolute atomic E-state index is 0.388. The van der Waals surface area contributed by atoms with Crippen molar-refractivity contribution in [2.45, 2.75) is 25.1 Å². The predicted molar refractivity (Wildman–Crippen MR) is 83.3 cm³/mol. The number of hydrogen-bond donors (Lipinski definition) is 0. The zero-order valence-corrected chi connectivity index (χ0v) is 13.8. The topological polar surface area (TPSA) is 0 Å². The van der Waals surface area contributed by atoms with E-state index in [4.69, 9.17) is 0 Å². The highest BCUT2D eigenvalue weighted by atomic mass is 79.9. The second-order valence-electron chi connectivity index (χ2n) is 4.22. The third-order valence-electron chi connectivity index (χ3n) is 2.92. The Labute approximate surface area is 123 Å². The molecule has 0 aliphatic carbocycles. The third kappa shape index (κ3) is 3.21. The fourth-order valence-corrected chi connectivity index (χ4v) is 4.64. The highest BCUT2D eigenvalue weighted by Crippen LogP contribution is 2.36. The van der Waals surface area contributed by atoms with Crippen LogP contribution >= 0.6 is 43.2 Å². The van der Waals surface area contributed by atoms with Gasteiger partial charge in [0.05, 0.1) is 4.83 Å². The summed E-state index contributed by atoms with van der Waals surface area (Å²) < 4.78 is 1.20. The highest BCUT2D eigenvalue weighted by Gasteiger charge is 2.13. The van der Waals surface area contributed by atoms with Gasteiger partial charge in [-0.2, -0.15) is 0 Å². The lowest BCUT2D eigenvalue weighted by atomic mass is 10.0. The number of alkyl halides is 1. The van der Waals surface area contributed by atoms with Gasteiger partial charge in [-0.1, -0.05) is 34.1 Å². The normalized spacial score (nSPS) is 12.7. The molecular formula is C14H14Br2S. The molecule has 0 saturated carbocycles. The monoisotopic (exact) mass is 372 g/mol. The summed E-state index contributed by atoms with van der Waals surface area (Å²) >= 11 is 9.15. The van der Waals surface area contributed by atoms with Crippen molar-refractivity contribution in [3.8, 4) is 0 Å². The zero-order valence-electron chi connectivity index (χ0n) is 9.84. The summed E-state index contributed by atoms with van der Waals surface area (Å²) in [5.74, 6) is 0. The molecule has 0 aliphatic heterocycles. The van der Waals surface area contributed by atoms with E-state index in [9.17, 15) is 0 Å². The summed E-state index contributed by atoms with van der Waals surface area (Å²) in [7, 11) is 0. The van der Waals surface area contributed by atoms with Crippen LogP contribution in [0.25, 0.3) is 0 Å². The lowest BCUT2D eigenvalue weighted by molar-refractivity contribution is 0.961. The summed E-state index contributed by atoms with van der Waals surface area (Å²) in [6.45, 7) is 4.32. The Morgan fingerprint density at radius 1 is 1.18 bits per heavy atom. The first kappa shape index (κ1) is 13.3. The van der Waals surface area contributed by atoms with Crippen molar-refractivity contribution >= 4 is 43.2 Å². The molecule has 0 spiro atoms. The molecule has 0 radical (unpaired) electrons. The summed E-state index contributed by atoms with van der Waals surface area (Å²) in [6.07, 6.45) is 1.03.